The number of alkyl halides is 3. The van der Waals surface area contributed by atoms with Gasteiger partial charge in [-0.05, 0) is 24.6 Å². The first kappa shape index (κ1) is 17.7. The standard InChI is InChI=1S/C16H21F3N2O2/c17-16(18,19)14-4-1-3-13(11-14)12-15(22)20-5-2-6-21-7-9-23-10-8-21/h1,3-4,11H,2,5-10,12H2,(H,20,22). The molecule has 0 atom stereocenters. The Balaban J connectivity index is 1.70. The van der Waals surface area contributed by atoms with Gasteiger partial charge in [0.1, 0.15) is 0 Å². The average molecular weight is 330 g/mol. The first-order chi connectivity index (χ1) is 10.9. The van der Waals surface area contributed by atoms with Crippen molar-refractivity contribution in [3.05, 3.63) is 35.4 Å². The SMILES string of the molecule is O=C(Cc1cccc(C(F)(F)F)c1)NCCCN1CCOCC1. The van der Waals surface area contributed by atoms with Crippen molar-refractivity contribution in [3.63, 3.8) is 0 Å². The maximum absolute atomic E-state index is 12.6. The molecule has 1 N–H and O–H groups in total. The lowest BCUT2D eigenvalue weighted by Gasteiger charge is -2.26. The van der Waals surface area contributed by atoms with Crippen molar-refractivity contribution in [2.75, 3.05) is 39.4 Å². The second kappa shape index (κ2) is 8.31. The van der Waals surface area contributed by atoms with Crippen LogP contribution >= 0.6 is 0 Å². The number of carbonyl (C=O) groups excluding carboxylic acids is 1. The van der Waals surface area contributed by atoms with Crippen LogP contribution in [-0.2, 0) is 22.1 Å². The van der Waals surface area contributed by atoms with Crippen LogP contribution in [0.15, 0.2) is 24.3 Å². The van der Waals surface area contributed by atoms with E-state index in [2.05, 4.69) is 10.2 Å². The largest absolute Gasteiger partial charge is 0.416 e. The third-order valence-corrected chi connectivity index (χ3v) is 3.70. The van der Waals surface area contributed by atoms with Crippen molar-refractivity contribution < 1.29 is 22.7 Å². The maximum Gasteiger partial charge on any atom is 0.416 e. The summed E-state index contributed by atoms with van der Waals surface area (Å²) in [5.41, 5.74) is -0.361. The molecule has 2 rings (SSSR count). The van der Waals surface area contributed by atoms with Crippen LogP contribution in [0.4, 0.5) is 13.2 Å². The third-order valence-electron chi connectivity index (χ3n) is 3.70. The molecular weight excluding hydrogens is 309 g/mol. The summed E-state index contributed by atoms with van der Waals surface area (Å²) >= 11 is 0. The van der Waals surface area contributed by atoms with Gasteiger partial charge in [-0.2, -0.15) is 13.2 Å². The smallest absolute Gasteiger partial charge is 0.379 e. The average Bonchev–Trinajstić information content (AvgIpc) is 2.52. The Morgan fingerprint density at radius 2 is 2.00 bits per heavy atom. The molecule has 7 heteroatoms. The zero-order valence-corrected chi connectivity index (χ0v) is 12.9. The predicted molar refractivity (Wildman–Crippen MR) is 80.0 cm³/mol. The number of hydrogen-bond acceptors (Lipinski definition) is 3. The highest BCUT2D eigenvalue weighted by molar-refractivity contribution is 5.78. The summed E-state index contributed by atoms with van der Waals surface area (Å²) in [6, 6.07) is 4.88. The van der Waals surface area contributed by atoms with Gasteiger partial charge in [-0.15, -0.1) is 0 Å². The molecule has 0 saturated carbocycles. The van der Waals surface area contributed by atoms with Crippen molar-refractivity contribution >= 4 is 5.91 Å². The molecule has 0 spiro atoms. The summed E-state index contributed by atoms with van der Waals surface area (Å²) in [5, 5.41) is 2.75. The minimum absolute atomic E-state index is 0.0402. The van der Waals surface area contributed by atoms with Crippen LogP contribution in [0.2, 0.25) is 0 Å². The zero-order valence-electron chi connectivity index (χ0n) is 12.9. The highest BCUT2D eigenvalue weighted by Gasteiger charge is 2.30. The lowest BCUT2D eigenvalue weighted by atomic mass is 10.1. The second-order valence-corrected chi connectivity index (χ2v) is 5.53. The summed E-state index contributed by atoms with van der Waals surface area (Å²) in [5.74, 6) is -0.258. The number of nitrogens with zero attached hydrogens (tertiary/aromatic N) is 1. The van der Waals surface area contributed by atoms with E-state index in [1.165, 1.54) is 12.1 Å². The van der Waals surface area contributed by atoms with E-state index in [9.17, 15) is 18.0 Å². The highest BCUT2D eigenvalue weighted by Crippen LogP contribution is 2.29. The highest BCUT2D eigenvalue weighted by atomic mass is 19.4. The molecule has 1 aliphatic heterocycles. The zero-order chi connectivity index (χ0) is 16.7. The number of carbonyl (C=O) groups is 1. The molecule has 0 unspecified atom stereocenters. The lowest BCUT2D eigenvalue weighted by Crippen LogP contribution is -2.38. The summed E-state index contributed by atoms with van der Waals surface area (Å²) in [7, 11) is 0. The fourth-order valence-electron chi connectivity index (χ4n) is 2.46. The molecular formula is C16H21F3N2O2. The van der Waals surface area contributed by atoms with Crippen LogP contribution in [-0.4, -0.2) is 50.2 Å². The van der Waals surface area contributed by atoms with Gasteiger partial charge in [-0.25, -0.2) is 0 Å². The van der Waals surface area contributed by atoms with Gasteiger partial charge >= 0.3 is 6.18 Å². The lowest BCUT2D eigenvalue weighted by molar-refractivity contribution is -0.137. The van der Waals surface area contributed by atoms with E-state index in [0.717, 1.165) is 51.4 Å². The quantitative estimate of drug-likeness (QED) is 0.812. The van der Waals surface area contributed by atoms with Crippen molar-refractivity contribution in [2.24, 2.45) is 0 Å². The van der Waals surface area contributed by atoms with Gasteiger partial charge in [-0.1, -0.05) is 18.2 Å². The molecule has 1 saturated heterocycles. The number of hydrogen-bond donors (Lipinski definition) is 1. The molecule has 0 radical (unpaired) electrons. The van der Waals surface area contributed by atoms with E-state index >= 15 is 0 Å². The van der Waals surface area contributed by atoms with Gasteiger partial charge in [0.15, 0.2) is 0 Å². The molecule has 1 heterocycles. The summed E-state index contributed by atoms with van der Waals surface area (Å²) < 4.78 is 43.1. The first-order valence-corrected chi connectivity index (χ1v) is 7.68. The van der Waals surface area contributed by atoms with Crippen LogP contribution in [0.25, 0.3) is 0 Å². The normalized spacial score (nSPS) is 16.3. The summed E-state index contributed by atoms with van der Waals surface area (Å²) in [6.07, 6.45) is -3.61. The first-order valence-electron chi connectivity index (χ1n) is 7.68. The molecule has 1 aliphatic rings. The second-order valence-electron chi connectivity index (χ2n) is 5.53. The molecule has 0 bridgehead atoms. The molecule has 1 fully saturated rings. The van der Waals surface area contributed by atoms with Crippen molar-refractivity contribution in [2.45, 2.75) is 19.0 Å². The fourth-order valence-corrected chi connectivity index (χ4v) is 2.46. The van der Waals surface area contributed by atoms with Crippen molar-refractivity contribution in [1.29, 1.82) is 0 Å². The van der Waals surface area contributed by atoms with Gasteiger partial charge in [0, 0.05) is 19.6 Å². The van der Waals surface area contributed by atoms with E-state index in [0.29, 0.717) is 12.1 Å². The van der Waals surface area contributed by atoms with Crippen LogP contribution < -0.4 is 5.32 Å². The minimum atomic E-state index is -4.38. The Bertz CT molecular complexity index is 514. The van der Waals surface area contributed by atoms with E-state index in [-0.39, 0.29) is 12.3 Å². The number of amides is 1. The van der Waals surface area contributed by atoms with E-state index < -0.39 is 11.7 Å². The van der Waals surface area contributed by atoms with Gasteiger partial charge in [-0.3, -0.25) is 9.69 Å². The number of halogens is 3. The van der Waals surface area contributed by atoms with Crippen LogP contribution in [0.3, 0.4) is 0 Å². The molecule has 0 aliphatic carbocycles. The molecule has 1 amide bonds. The number of benzene rings is 1. The maximum atomic E-state index is 12.6. The Kier molecular flexibility index (Phi) is 6.41. The number of nitrogens with one attached hydrogen (secondary N) is 1. The Labute approximate surface area is 133 Å². The Morgan fingerprint density at radius 1 is 1.26 bits per heavy atom. The monoisotopic (exact) mass is 330 g/mol. The molecule has 23 heavy (non-hydrogen) atoms. The van der Waals surface area contributed by atoms with Gasteiger partial charge in [0.25, 0.3) is 0 Å². The topological polar surface area (TPSA) is 41.6 Å². The van der Waals surface area contributed by atoms with E-state index in [4.69, 9.17) is 4.74 Å². The molecule has 4 nitrogen and oxygen atoms in total. The number of rotatable bonds is 6. The molecule has 1 aromatic carbocycles. The molecule has 0 aromatic heterocycles. The minimum Gasteiger partial charge on any atom is -0.379 e. The van der Waals surface area contributed by atoms with E-state index in [1.54, 1.807) is 0 Å². The van der Waals surface area contributed by atoms with Crippen LogP contribution in [0, 0.1) is 0 Å². The predicted octanol–water partition coefficient (Wildman–Crippen LogP) is 2.09. The molecule has 1 aromatic rings. The Morgan fingerprint density at radius 3 is 2.70 bits per heavy atom. The summed E-state index contributed by atoms with van der Waals surface area (Å²) in [6.45, 7) is 4.68. The van der Waals surface area contributed by atoms with Crippen LogP contribution in [0.1, 0.15) is 17.5 Å². The number of morpholine rings is 1. The Hall–Kier alpha value is -1.60. The van der Waals surface area contributed by atoms with Gasteiger partial charge in [0.2, 0.25) is 5.91 Å². The van der Waals surface area contributed by atoms with Gasteiger partial charge < -0.3 is 10.1 Å². The third kappa shape index (κ3) is 6.19. The van der Waals surface area contributed by atoms with Crippen LogP contribution in [0.5, 0.6) is 0 Å². The van der Waals surface area contributed by atoms with E-state index in [1.807, 2.05) is 0 Å². The van der Waals surface area contributed by atoms with Crippen molar-refractivity contribution in [3.8, 4) is 0 Å². The molecule has 128 valence electrons. The fraction of sp³-hybridized carbons (Fsp3) is 0.562. The summed E-state index contributed by atoms with van der Waals surface area (Å²) in [4.78, 5) is 14.1. The van der Waals surface area contributed by atoms with Crippen molar-refractivity contribution in [1.82, 2.24) is 10.2 Å². The van der Waals surface area contributed by atoms with Gasteiger partial charge in [0.05, 0.1) is 25.2 Å². The number of ether oxygens (including phenoxy) is 1.